The number of aliphatic hydroxyl groups excluding tert-OH is 1. The lowest BCUT2D eigenvalue weighted by atomic mass is 10.0. The van der Waals surface area contributed by atoms with Crippen molar-refractivity contribution in [3.8, 4) is 0 Å². The summed E-state index contributed by atoms with van der Waals surface area (Å²) in [6, 6.07) is 14.8. The Morgan fingerprint density at radius 3 is 2.55 bits per heavy atom. The van der Waals surface area contributed by atoms with Crippen LogP contribution < -0.4 is 0 Å². The summed E-state index contributed by atoms with van der Waals surface area (Å²) in [4.78, 5) is 0. The van der Waals surface area contributed by atoms with Crippen molar-refractivity contribution in [2.24, 2.45) is 0 Å². The Bertz CT molecular complexity index is 626. The fourth-order valence-corrected chi connectivity index (χ4v) is 2.40. The molecule has 0 fully saturated rings. The van der Waals surface area contributed by atoms with Crippen LogP contribution in [0.5, 0.6) is 0 Å². The number of hydrogen-bond acceptors (Lipinski definition) is 2. The van der Waals surface area contributed by atoms with Crippen molar-refractivity contribution in [3.63, 3.8) is 0 Å². The van der Waals surface area contributed by atoms with Gasteiger partial charge in [-0.1, -0.05) is 55.0 Å². The lowest BCUT2D eigenvalue weighted by Gasteiger charge is -2.19. The van der Waals surface area contributed by atoms with Crippen LogP contribution in [0.25, 0.3) is 10.8 Å². The first-order valence-electron chi connectivity index (χ1n) is 8.02. The highest BCUT2D eigenvalue weighted by Gasteiger charge is 2.13. The van der Waals surface area contributed by atoms with E-state index in [2.05, 4.69) is 62.4 Å². The van der Waals surface area contributed by atoms with E-state index in [9.17, 15) is 5.11 Å². The molecule has 2 unspecified atom stereocenters. The van der Waals surface area contributed by atoms with Crippen LogP contribution >= 0.6 is 0 Å². The quantitative estimate of drug-likeness (QED) is 0.727. The van der Waals surface area contributed by atoms with E-state index >= 15 is 0 Å². The second kappa shape index (κ2) is 8.11. The zero-order valence-electron chi connectivity index (χ0n) is 13.8. The third kappa shape index (κ3) is 4.69. The van der Waals surface area contributed by atoms with Gasteiger partial charge < -0.3 is 9.84 Å². The Kier molecular flexibility index (Phi) is 6.17. The first-order valence-corrected chi connectivity index (χ1v) is 8.02. The monoisotopic (exact) mass is 298 g/mol. The molecule has 118 valence electrons. The van der Waals surface area contributed by atoms with Gasteiger partial charge in [0, 0.05) is 0 Å². The van der Waals surface area contributed by atoms with Gasteiger partial charge in [-0.2, -0.15) is 0 Å². The minimum atomic E-state index is -0.394. The van der Waals surface area contributed by atoms with Gasteiger partial charge in [0.1, 0.15) is 0 Å². The van der Waals surface area contributed by atoms with E-state index in [1.807, 2.05) is 6.92 Å². The predicted octanol–water partition coefficient (Wildman–Crippen LogP) is 5.02. The van der Waals surface area contributed by atoms with Crippen molar-refractivity contribution in [1.82, 2.24) is 0 Å². The van der Waals surface area contributed by atoms with Crippen LogP contribution in [-0.4, -0.2) is 17.8 Å². The summed E-state index contributed by atoms with van der Waals surface area (Å²) in [6.45, 7) is 6.54. The maximum absolute atomic E-state index is 9.76. The summed E-state index contributed by atoms with van der Waals surface area (Å²) in [5.41, 5.74) is 2.45. The van der Waals surface area contributed by atoms with Gasteiger partial charge >= 0.3 is 0 Å². The molecule has 1 N–H and O–H groups in total. The average molecular weight is 298 g/mol. The van der Waals surface area contributed by atoms with Crippen LogP contribution in [-0.2, 0) is 4.74 Å². The van der Waals surface area contributed by atoms with E-state index in [0.717, 1.165) is 6.42 Å². The van der Waals surface area contributed by atoms with Crippen molar-refractivity contribution in [1.29, 1.82) is 0 Å². The van der Waals surface area contributed by atoms with Crippen LogP contribution in [0, 0.1) is 0 Å². The molecule has 2 aromatic carbocycles. The zero-order chi connectivity index (χ0) is 15.9. The first kappa shape index (κ1) is 16.7. The number of ether oxygens (including phenoxy) is 1. The number of hydrogen-bond donors (Lipinski definition) is 1. The fraction of sp³-hybridized carbons (Fsp3) is 0.400. The largest absolute Gasteiger partial charge is 0.391 e. The first-order chi connectivity index (χ1) is 10.6. The number of fused-ring (bicyclic) bond motifs is 1. The smallest absolute Gasteiger partial charge is 0.0860 e. The van der Waals surface area contributed by atoms with E-state index in [0.29, 0.717) is 13.0 Å². The maximum atomic E-state index is 9.76. The molecule has 0 saturated carbocycles. The van der Waals surface area contributed by atoms with Crippen molar-refractivity contribution in [2.45, 2.75) is 45.8 Å². The van der Waals surface area contributed by atoms with Crippen molar-refractivity contribution < 1.29 is 9.84 Å². The number of benzene rings is 2. The topological polar surface area (TPSA) is 29.5 Å². The Balaban J connectivity index is 2.22. The normalized spacial score (nSPS) is 13.8. The van der Waals surface area contributed by atoms with E-state index in [1.54, 1.807) is 0 Å². The van der Waals surface area contributed by atoms with Gasteiger partial charge in [0.05, 0.1) is 18.8 Å². The minimum Gasteiger partial charge on any atom is -0.391 e. The molecule has 2 nitrogen and oxygen atoms in total. The summed E-state index contributed by atoms with van der Waals surface area (Å²) in [7, 11) is 0. The summed E-state index contributed by atoms with van der Waals surface area (Å²) < 4.78 is 5.99. The molecule has 0 radical (unpaired) electrons. The van der Waals surface area contributed by atoms with Gasteiger partial charge in [0.25, 0.3) is 0 Å². The summed E-state index contributed by atoms with van der Waals surface area (Å²) >= 11 is 0. The summed E-state index contributed by atoms with van der Waals surface area (Å²) in [6.07, 6.45) is 3.33. The maximum Gasteiger partial charge on any atom is 0.0860 e. The minimum absolute atomic E-state index is 0.0132. The molecular formula is C20H26O2. The Labute approximate surface area is 133 Å². The molecule has 0 spiro atoms. The van der Waals surface area contributed by atoms with Gasteiger partial charge in [-0.15, -0.1) is 0 Å². The van der Waals surface area contributed by atoms with Crippen LogP contribution in [0.3, 0.4) is 0 Å². The third-order valence-corrected chi connectivity index (χ3v) is 3.85. The lowest BCUT2D eigenvalue weighted by molar-refractivity contribution is -0.0103. The Hall–Kier alpha value is -1.64. The SMILES string of the molecule is CCC(O)COC(CC=C(C)C)c1ccc2ccccc2c1. The van der Waals surface area contributed by atoms with E-state index < -0.39 is 6.10 Å². The average Bonchev–Trinajstić information content (AvgIpc) is 2.54. The van der Waals surface area contributed by atoms with Gasteiger partial charge in [0.15, 0.2) is 0 Å². The molecule has 0 aliphatic heterocycles. The van der Waals surface area contributed by atoms with E-state index in [-0.39, 0.29) is 6.10 Å². The van der Waals surface area contributed by atoms with Crippen molar-refractivity contribution in [3.05, 3.63) is 59.7 Å². The third-order valence-electron chi connectivity index (χ3n) is 3.85. The molecule has 2 atom stereocenters. The molecule has 0 aliphatic carbocycles. The molecule has 0 bridgehead atoms. The highest BCUT2D eigenvalue weighted by molar-refractivity contribution is 5.83. The Morgan fingerprint density at radius 1 is 1.14 bits per heavy atom. The molecule has 0 amide bonds. The number of allylic oxidation sites excluding steroid dienone is 1. The molecule has 0 aliphatic rings. The highest BCUT2D eigenvalue weighted by atomic mass is 16.5. The van der Waals surface area contributed by atoms with Crippen LogP contribution in [0.4, 0.5) is 0 Å². The van der Waals surface area contributed by atoms with Crippen LogP contribution in [0.15, 0.2) is 54.1 Å². The second-order valence-corrected chi connectivity index (χ2v) is 6.01. The molecule has 0 heterocycles. The summed E-state index contributed by atoms with van der Waals surface area (Å²) in [5.74, 6) is 0. The molecule has 0 aromatic heterocycles. The van der Waals surface area contributed by atoms with Gasteiger partial charge in [-0.3, -0.25) is 0 Å². The van der Waals surface area contributed by atoms with Gasteiger partial charge in [-0.25, -0.2) is 0 Å². The van der Waals surface area contributed by atoms with E-state index in [4.69, 9.17) is 4.74 Å². The standard InChI is InChI=1S/C20H26O2/c1-4-19(21)14-22-20(12-9-15(2)3)18-11-10-16-7-5-6-8-17(16)13-18/h5-11,13,19-21H,4,12,14H2,1-3H3. The lowest BCUT2D eigenvalue weighted by Crippen LogP contribution is -2.16. The van der Waals surface area contributed by atoms with E-state index in [1.165, 1.54) is 21.9 Å². The van der Waals surface area contributed by atoms with Crippen molar-refractivity contribution >= 4 is 10.8 Å². The summed E-state index contributed by atoms with van der Waals surface area (Å²) in [5, 5.41) is 12.2. The second-order valence-electron chi connectivity index (χ2n) is 6.01. The predicted molar refractivity (Wildman–Crippen MR) is 93.0 cm³/mol. The van der Waals surface area contributed by atoms with Crippen LogP contribution in [0.1, 0.15) is 45.3 Å². The molecule has 0 saturated heterocycles. The zero-order valence-corrected chi connectivity index (χ0v) is 13.8. The van der Waals surface area contributed by atoms with Gasteiger partial charge in [0.2, 0.25) is 0 Å². The number of aliphatic hydroxyl groups is 1. The molecule has 22 heavy (non-hydrogen) atoms. The van der Waals surface area contributed by atoms with Crippen molar-refractivity contribution in [2.75, 3.05) is 6.61 Å². The van der Waals surface area contributed by atoms with Gasteiger partial charge in [-0.05, 0) is 49.1 Å². The molecule has 2 heteroatoms. The molecule has 2 rings (SSSR count). The molecular weight excluding hydrogens is 272 g/mol. The van der Waals surface area contributed by atoms with Crippen LogP contribution in [0.2, 0.25) is 0 Å². The highest BCUT2D eigenvalue weighted by Crippen LogP contribution is 2.26. The molecule has 2 aromatic rings. The number of rotatable bonds is 7. The Morgan fingerprint density at radius 2 is 1.86 bits per heavy atom. The fourth-order valence-electron chi connectivity index (χ4n) is 2.40.